The van der Waals surface area contributed by atoms with E-state index in [1.165, 1.54) is 5.69 Å². The molecule has 0 bridgehead atoms. The Labute approximate surface area is 110 Å². The molecule has 92 valence electrons. The van der Waals surface area contributed by atoms with Gasteiger partial charge in [0.15, 0.2) is 0 Å². The van der Waals surface area contributed by atoms with Crippen molar-refractivity contribution in [1.82, 2.24) is 5.32 Å². The lowest BCUT2D eigenvalue weighted by Crippen LogP contribution is -2.47. The number of piperidine rings is 1. The van der Waals surface area contributed by atoms with Gasteiger partial charge < -0.3 is 10.2 Å². The summed E-state index contributed by atoms with van der Waals surface area (Å²) in [5.74, 6) is 0.0592. The topological polar surface area (TPSA) is 32.3 Å². The Hall–Kier alpha value is -1.03. The van der Waals surface area contributed by atoms with E-state index in [0.29, 0.717) is 0 Å². The SMILES string of the molecule is CC(=O)NC1CCCN(c2ccccc2Br)C1. The summed E-state index contributed by atoms with van der Waals surface area (Å²) in [4.78, 5) is 13.4. The van der Waals surface area contributed by atoms with Crippen molar-refractivity contribution >= 4 is 27.5 Å². The average molecular weight is 297 g/mol. The third-order valence-electron chi connectivity index (χ3n) is 3.02. The van der Waals surface area contributed by atoms with Gasteiger partial charge in [0.2, 0.25) is 5.91 Å². The van der Waals surface area contributed by atoms with Gasteiger partial charge in [0, 0.05) is 30.5 Å². The van der Waals surface area contributed by atoms with Crippen LogP contribution in [0.2, 0.25) is 0 Å². The Kier molecular flexibility index (Phi) is 4.05. The highest BCUT2D eigenvalue weighted by Gasteiger charge is 2.21. The minimum atomic E-state index is 0.0592. The van der Waals surface area contributed by atoms with E-state index in [1.807, 2.05) is 12.1 Å². The number of para-hydroxylation sites is 1. The molecular formula is C13H17BrN2O. The standard InChI is InChI=1S/C13H17BrN2O/c1-10(17)15-11-5-4-8-16(9-11)13-7-3-2-6-12(13)14/h2-3,6-7,11H,4-5,8-9H2,1H3,(H,15,17). The van der Waals surface area contributed by atoms with Crippen LogP contribution in [-0.4, -0.2) is 25.0 Å². The molecular weight excluding hydrogens is 280 g/mol. The smallest absolute Gasteiger partial charge is 0.217 e. The zero-order chi connectivity index (χ0) is 12.3. The highest BCUT2D eigenvalue weighted by Crippen LogP contribution is 2.28. The zero-order valence-electron chi connectivity index (χ0n) is 9.95. The molecule has 1 aromatic carbocycles. The van der Waals surface area contributed by atoms with Gasteiger partial charge in [0.05, 0.1) is 5.69 Å². The maximum absolute atomic E-state index is 11.1. The van der Waals surface area contributed by atoms with Crippen LogP contribution < -0.4 is 10.2 Å². The number of hydrogen-bond acceptors (Lipinski definition) is 2. The molecule has 17 heavy (non-hydrogen) atoms. The molecule has 1 aliphatic rings. The van der Waals surface area contributed by atoms with Crippen molar-refractivity contribution in [3.63, 3.8) is 0 Å². The summed E-state index contributed by atoms with van der Waals surface area (Å²) in [6.07, 6.45) is 2.19. The summed E-state index contributed by atoms with van der Waals surface area (Å²) in [6, 6.07) is 8.50. The number of carbonyl (C=O) groups excluding carboxylic acids is 1. The quantitative estimate of drug-likeness (QED) is 0.910. The van der Waals surface area contributed by atoms with Crippen LogP contribution in [-0.2, 0) is 4.79 Å². The molecule has 0 saturated carbocycles. The minimum absolute atomic E-state index is 0.0592. The second-order valence-corrected chi connectivity index (χ2v) is 5.29. The Morgan fingerprint density at radius 3 is 2.94 bits per heavy atom. The van der Waals surface area contributed by atoms with E-state index in [9.17, 15) is 4.79 Å². The van der Waals surface area contributed by atoms with Gasteiger partial charge in [-0.15, -0.1) is 0 Å². The summed E-state index contributed by atoms with van der Waals surface area (Å²) in [7, 11) is 0. The molecule has 1 aromatic rings. The highest BCUT2D eigenvalue weighted by atomic mass is 79.9. The van der Waals surface area contributed by atoms with E-state index in [2.05, 4.69) is 38.3 Å². The Balaban J connectivity index is 2.07. The molecule has 1 saturated heterocycles. The van der Waals surface area contributed by atoms with E-state index >= 15 is 0 Å². The van der Waals surface area contributed by atoms with Crippen molar-refractivity contribution in [2.24, 2.45) is 0 Å². The summed E-state index contributed by atoms with van der Waals surface area (Å²) < 4.78 is 1.11. The number of nitrogens with one attached hydrogen (secondary N) is 1. The second kappa shape index (κ2) is 5.54. The van der Waals surface area contributed by atoms with Crippen molar-refractivity contribution in [3.05, 3.63) is 28.7 Å². The molecule has 0 spiro atoms. The van der Waals surface area contributed by atoms with Gasteiger partial charge in [-0.3, -0.25) is 4.79 Å². The van der Waals surface area contributed by atoms with Crippen LogP contribution in [0.4, 0.5) is 5.69 Å². The first kappa shape index (κ1) is 12.4. The normalized spacial score (nSPS) is 20.1. The van der Waals surface area contributed by atoms with Gasteiger partial charge in [0.1, 0.15) is 0 Å². The molecule has 3 nitrogen and oxygen atoms in total. The molecule has 0 aromatic heterocycles. The van der Waals surface area contributed by atoms with E-state index in [-0.39, 0.29) is 11.9 Å². The van der Waals surface area contributed by atoms with E-state index in [0.717, 1.165) is 30.4 Å². The number of amides is 1. The molecule has 2 rings (SSSR count). The van der Waals surface area contributed by atoms with Crippen LogP contribution in [0.3, 0.4) is 0 Å². The van der Waals surface area contributed by atoms with Gasteiger partial charge in [-0.2, -0.15) is 0 Å². The summed E-state index contributed by atoms with van der Waals surface area (Å²) in [5, 5.41) is 3.01. The number of benzene rings is 1. The molecule has 1 heterocycles. The van der Waals surface area contributed by atoms with Gasteiger partial charge in [-0.1, -0.05) is 12.1 Å². The molecule has 1 fully saturated rings. The van der Waals surface area contributed by atoms with Crippen LogP contribution in [0.15, 0.2) is 28.7 Å². The molecule has 0 aliphatic carbocycles. The van der Waals surface area contributed by atoms with Gasteiger partial charge in [-0.25, -0.2) is 0 Å². The largest absolute Gasteiger partial charge is 0.369 e. The van der Waals surface area contributed by atoms with E-state index < -0.39 is 0 Å². The monoisotopic (exact) mass is 296 g/mol. The lowest BCUT2D eigenvalue weighted by Gasteiger charge is -2.35. The predicted octanol–water partition coefficient (Wildman–Crippen LogP) is 2.55. The third kappa shape index (κ3) is 3.22. The van der Waals surface area contributed by atoms with Crippen molar-refractivity contribution in [3.8, 4) is 0 Å². The van der Waals surface area contributed by atoms with Gasteiger partial charge in [-0.05, 0) is 40.9 Å². The minimum Gasteiger partial charge on any atom is -0.369 e. The third-order valence-corrected chi connectivity index (χ3v) is 3.69. The maximum Gasteiger partial charge on any atom is 0.217 e. The lowest BCUT2D eigenvalue weighted by molar-refractivity contribution is -0.119. The van der Waals surface area contributed by atoms with Crippen LogP contribution in [0.1, 0.15) is 19.8 Å². The van der Waals surface area contributed by atoms with Gasteiger partial charge in [0.25, 0.3) is 0 Å². The van der Waals surface area contributed by atoms with Crippen LogP contribution in [0.5, 0.6) is 0 Å². The molecule has 1 atom stereocenters. The predicted molar refractivity (Wildman–Crippen MR) is 73.2 cm³/mol. The first-order valence-corrected chi connectivity index (χ1v) is 6.72. The number of carbonyl (C=O) groups is 1. The average Bonchev–Trinajstić information content (AvgIpc) is 2.29. The van der Waals surface area contributed by atoms with E-state index in [1.54, 1.807) is 6.92 Å². The van der Waals surface area contributed by atoms with Crippen molar-refractivity contribution in [2.45, 2.75) is 25.8 Å². The number of halogens is 1. The molecule has 1 amide bonds. The molecule has 4 heteroatoms. The van der Waals surface area contributed by atoms with E-state index in [4.69, 9.17) is 0 Å². The fraction of sp³-hybridized carbons (Fsp3) is 0.462. The molecule has 0 radical (unpaired) electrons. The van der Waals surface area contributed by atoms with Crippen LogP contribution in [0.25, 0.3) is 0 Å². The lowest BCUT2D eigenvalue weighted by atomic mass is 10.0. The Morgan fingerprint density at radius 2 is 2.24 bits per heavy atom. The van der Waals surface area contributed by atoms with Crippen molar-refractivity contribution < 1.29 is 4.79 Å². The van der Waals surface area contributed by atoms with Crippen molar-refractivity contribution in [2.75, 3.05) is 18.0 Å². The highest BCUT2D eigenvalue weighted by molar-refractivity contribution is 9.10. The Bertz CT molecular complexity index is 408. The fourth-order valence-corrected chi connectivity index (χ4v) is 2.84. The fourth-order valence-electron chi connectivity index (χ4n) is 2.31. The first-order valence-electron chi connectivity index (χ1n) is 5.93. The summed E-state index contributed by atoms with van der Waals surface area (Å²) in [6.45, 7) is 3.53. The number of hydrogen-bond donors (Lipinski definition) is 1. The first-order chi connectivity index (χ1) is 8.16. The second-order valence-electron chi connectivity index (χ2n) is 4.44. The molecule has 1 aliphatic heterocycles. The number of anilines is 1. The number of nitrogens with zero attached hydrogens (tertiary/aromatic N) is 1. The zero-order valence-corrected chi connectivity index (χ0v) is 11.5. The summed E-state index contributed by atoms with van der Waals surface area (Å²) in [5.41, 5.74) is 1.21. The van der Waals surface area contributed by atoms with Crippen molar-refractivity contribution in [1.29, 1.82) is 0 Å². The Morgan fingerprint density at radius 1 is 1.47 bits per heavy atom. The van der Waals surface area contributed by atoms with Crippen LogP contribution in [0, 0.1) is 0 Å². The number of rotatable bonds is 2. The van der Waals surface area contributed by atoms with Gasteiger partial charge >= 0.3 is 0 Å². The summed E-state index contributed by atoms with van der Waals surface area (Å²) >= 11 is 3.57. The molecule has 1 N–H and O–H groups in total. The van der Waals surface area contributed by atoms with Crippen LogP contribution >= 0.6 is 15.9 Å². The molecule has 1 unspecified atom stereocenters. The maximum atomic E-state index is 11.1.